The molecule has 8 heteroatoms. The maximum Gasteiger partial charge on any atom is 0.438 e. The van der Waals surface area contributed by atoms with E-state index in [1.807, 2.05) is 41.5 Å². The Kier molecular flexibility index (Phi) is 9.31. The van der Waals surface area contributed by atoms with Crippen molar-refractivity contribution in [3.05, 3.63) is 0 Å². The maximum absolute atomic E-state index is 11.5. The van der Waals surface area contributed by atoms with E-state index in [1.54, 1.807) is 0 Å². The van der Waals surface area contributed by atoms with Crippen LogP contribution >= 0.6 is 0 Å². The third kappa shape index (κ3) is 7.54. The van der Waals surface area contributed by atoms with Gasteiger partial charge in [-0.05, 0) is 23.2 Å². The average molecular weight is 319 g/mol. The smallest absolute Gasteiger partial charge is 0.438 e. The summed E-state index contributed by atoms with van der Waals surface area (Å²) in [6.07, 6.45) is -1.57. The highest BCUT2D eigenvalue weighted by atomic mass is 28.3. The van der Waals surface area contributed by atoms with Gasteiger partial charge in [-0.1, -0.05) is 51.8 Å². The third-order valence-electron chi connectivity index (χ3n) is 2.94. The zero-order valence-corrected chi connectivity index (χ0v) is 15.6. The van der Waals surface area contributed by atoms with E-state index in [4.69, 9.17) is 8.85 Å². The number of azo groups is 1. The second kappa shape index (κ2) is 9.81. The molecule has 0 fully saturated rings. The fraction of sp³-hybridized carbons (Fsp3) is 0.833. The summed E-state index contributed by atoms with van der Waals surface area (Å²) in [5.41, 5.74) is 0.635. The third-order valence-corrected chi connectivity index (χ3v) is 8.40. The van der Waals surface area contributed by atoms with Crippen LogP contribution in [-0.4, -0.2) is 30.3 Å². The molecule has 0 saturated heterocycles. The molecule has 0 unspecified atom stereocenters. The molecule has 0 radical (unpaired) electrons. The van der Waals surface area contributed by atoms with Gasteiger partial charge in [0.05, 0.1) is 0 Å². The fourth-order valence-electron chi connectivity index (χ4n) is 1.89. The van der Waals surface area contributed by atoms with Crippen molar-refractivity contribution in [2.75, 3.05) is 0 Å². The highest BCUT2D eigenvalue weighted by molar-refractivity contribution is 6.56. The number of rotatable bonds is 6. The van der Waals surface area contributed by atoms with Crippen molar-refractivity contribution < 1.29 is 18.4 Å². The second-order valence-electron chi connectivity index (χ2n) is 5.36. The first-order valence-electron chi connectivity index (χ1n) is 7.14. The summed E-state index contributed by atoms with van der Waals surface area (Å²) in [5, 5.41) is 6.57. The molecule has 0 saturated carbocycles. The molecule has 0 N–H and O–H groups in total. The minimum Gasteiger partial charge on any atom is -0.504 e. The van der Waals surface area contributed by atoms with Crippen LogP contribution in [0.1, 0.15) is 41.5 Å². The van der Waals surface area contributed by atoms with Crippen LogP contribution in [0.5, 0.6) is 0 Å². The Morgan fingerprint density at radius 1 is 0.900 bits per heavy atom. The maximum atomic E-state index is 11.5. The molecule has 0 spiro atoms. The van der Waals surface area contributed by atoms with Crippen molar-refractivity contribution in [2.24, 2.45) is 10.2 Å². The Morgan fingerprint density at radius 2 is 1.30 bits per heavy atom. The van der Waals surface area contributed by atoms with Crippen molar-refractivity contribution in [3.63, 3.8) is 0 Å². The lowest BCUT2D eigenvalue weighted by atomic mass is 10.5. The van der Waals surface area contributed by atoms with E-state index in [2.05, 4.69) is 10.2 Å². The second-order valence-corrected chi connectivity index (χ2v) is 12.3. The van der Waals surface area contributed by atoms with Crippen LogP contribution in [0.25, 0.3) is 0 Å². The Bertz CT molecular complexity index is 336. The van der Waals surface area contributed by atoms with Gasteiger partial charge in [-0.15, -0.1) is 0 Å². The normalized spacial score (nSPS) is 11.9. The SMILES string of the molecule is CC[SiH](CC)OC(=O)N=NC(=O)O[SiH](C(C)C)C(C)C. The zero-order chi connectivity index (χ0) is 15.7. The van der Waals surface area contributed by atoms with Gasteiger partial charge >= 0.3 is 12.2 Å². The lowest BCUT2D eigenvalue weighted by Gasteiger charge is -2.21. The van der Waals surface area contributed by atoms with Gasteiger partial charge in [0, 0.05) is 0 Å². The van der Waals surface area contributed by atoms with E-state index in [0.29, 0.717) is 11.1 Å². The summed E-state index contributed by atoms with van der Waals surface area (Å²) in [6.45, 7) is 12.0. The van der Waals surface area contributed by atoms with Gasteiger partial charge in [-0.25, -0.2) is 9.59 Å². The summed E-state index contributed by atoms with van der Waals surface area (Å²) in [7, 11) is -3.21. The Hall–Kier alpha value is -1.03. The highest BCUT2D eigenvalue weighted by Gasteiger charge is 2.25. The van der Waals surface area contributed by atoms with Crippen molar-refractivity contribution in [1.29, 1.82) is 0 Å². The lowest BCUT2D eigenvalue weighted by molar-refractivity contribution is 0.199. The number of hydrogen-bond acceptors (Lipinski definition) is 4. The summed E-state index contributed by atoms with van der Waals surface area (Å²) in [5.74, 6) is 0. The van der Waals surface area contributed by atoms with Crippen LogP contribution in [0.3, 0.4) is 0 Å². The van der Waals surface area contributed by atoms with Crippen molar-refractivity contribution >= 4 is 30.3 Å². The first-order valence-corrected chi connectivity index (χ1v) is 11.1. The molecule has 0 heterocycles. The van der Waals surface area contributed by atoms with Crippen LogP contribution in [0.15, 0.2) is 10.2 Å². The number of carbonyl (C=O) groups excluding carboxylic acids is 2. The van der Waals surface area contributed by atoms with Gasteiger partial charge in [0.25, 0.3) is 0 Å². The molecule has 0 aliphatic heterocycles. The zero-order valence-electron chi connectivity index (χ0n) is 13.3. The summed E-state index contributed by atoms with van der Waals surface area (Å²) in [4.78, 5) is 22.9. The standard InChI is InChI=1S/C12H26N2O4Si2/c1-7-19(8-2)17-11(15)13-14-12(16)18-20(9(3)4)10(5)6/h9-10,19-20H,7-8H2,1-6H3. The molecule has 0 aliphatic carbocycles. The Morgan fingerprint density at radius 3 is 1.65 bits per heavy atom. The van der Waals surface area contributed by atoms with E-state index in [1.165, 1.54) is 0 Å². The Balaban J connectivity index is 4.38. The van der Waals surface area contributed by atoms with E-state index in [0.717, 1.165) is 12.1 Å². The molecule has 2 amide bonds. The van der Waals surface area contributed by atoms with Crippen molar-refractivity contribution in [2.45, 2.75) is 64.7 Å². The van der Waals surface area contributed by atoms with Gasteiger partial charge in [-0.2, -0.15) is 0 Å². The molecule has 0 bridgehead atoms. The van der Waals surface area contributed by atoms with Crippen LogP contribution in [0.4, 0.5) is 9.59 Å². The summed E-state index contributed by atoms with van der Waals surface area (Å²) < 4.78 is 10.5. The summed E-state index contributed by atoms with van der Waals surface area (Å²) in [6, 6.07) is 1.69. The van der Waals surface area contributed by atoms with E-state index in [-0.39, 0.29) is 0 Å². The van der Waals surface area contributed by atoms with Gasteiger partial charge in [0.2, 0.25) is 18.1 Å². The number of amides is 2. The topological polar surface area (TPSA) is 77.3 Å². The number of carbonyl (C=O) groups is 2. The fourth-order valence-corrected chi connectivity index (χ4v) is 5.49. The minimum atomic E-state index is -1.69. The molecule has 20 heavy (non-hydrogen) atoms. The number of hydrogen-bond donors (Lipinski definition) is 0. The molecular weight excluding hydrogens is 292 g/mol. The van der Waals surface area contributed by atoms with Gasteiger partial charge in [0.15, 0.2) is 0 Å². The monoisotopic (exact) mass is 318 g/mol. The summed E-state index contributed by atoms with van der Waals surface area (Å²) >= 11 is 0. The minimum absolute atomic E-state index is 0.318. The van der Waals surface area contributed by atoms with E-state index in [9.17, 15) is 9.59 Å². The van der Waals surface area contributed by atoms with Gasteiger partial charge < -0.3 is 8.85 Å². The first-order chi connectivity index (χ1) is 9.31. The predicted molar refractivity (Wildman–Crippen MR) is 83.3 cm³/mol. The molecule has 0 atom stereocenters. The highest BCUT2D eigenvalue weighted by Crippen LogP contribution is 2.21. The molecule has 116 valence electrons. The van der Waals surface area contributed by atoms with Crippen LogP contribution in [0, 0.1) is 0 Å². The van der Waals surface area contributed by atoms with Gasteiger partial charge in [-0.3, -0.25) is 0 Å². The molecule has 0 aromatic heterocycles. The molecule has 6 nitrogen and oxygen atoms in total. The quantitative estimate of drug-likeness (QED) is 0.547. The van der Waals surface area contributed by atoms with Crippen LogP contribution in [0.2, 0.25) is 23.2 Å². The molecule has 0 aliphatic rings. The van der Waals surface area contributed by atoms with E-state index < -0.39 is 30.3 Å². The van der Waals surface area contributed by atoms with Crippen molar-refractivity contribution in [3.8, 4) is 0 Å². The van der Waals surface area contributed by atoms with Crippen LogP contribution in [-0.2, 0) is 8.85 Å². The largest absolute Gasteiger partial charge is 0.504 e. The average Bonchev–Trinajstić information content (AvgIpc) is 2.38. The van der Waals surface area contributed by atoms with Crippen molar-refractivity contribution in [1.82, 2.24) is 0 Å². The molecular formula is C12H26N2O4Si2. The first kappa shape index (κ1) is 19.0. The van der Waals surface area contributed by atoms with Gasteiger partial charge in [0.1, 0.15) is 0 Å². The predicted octanol–water partition coefficient (Wildman–Crippen LogP) is 4.02. The number of nitrogens with zero attached hydrogens (tertiary/aromatic N) is 2. The van der Waals surface area contributed by atoms with E-state index >= 15 is 0 Å². The Labute approximate surface area is 124 Å². The molecule has 0 aromatic carbocycles. The molecule has 0 aromatic rings. The molecule has 0 rings (SSSR count). The van der Waals surface area contributed by atoms with Crippen LogP contribution < -0.4 is 0 Å². The lowest BCUT2D eigenvalue weighted by Crippen LogP contribution is -2.27.